The number of hydrogen-bond acceptors (Lipinski definition) is 4. The van der Waals surface area contributed by atoms with Crippen LogP contribution in [-0.4, -0.2) is 35.2 Å². The molecule has 5 heteroatoms. The van der Waals surface area contributed by atoms with Crippen molar-refractivity contribution in [2.24, 2.45) is 0 Å². The number of ether oxygens (including phenoxy) is 2. The van der Waals surface area contributed by atoms with Crippen LogP contribution in [0.3, 0.4) is 0 Å². The van der Waals surface area contributed by atoms with Gasteiger partial charge in [-0.15, -0.1) is 0 Å². The van der Waals surface area contributed by atoms with Crippen LogP contribution in [0.15, 0.2) is 42.6 Å². The number of para-hydroxylation sites is 1. The van der Waals surface area contributed by atoms with E-state index in [1.165, 1.54) is 0 Å². The van der Waals surface area contributed by atoms with E-state index < -0.39 is 5.60 Å². The first-order valence-electron chi connectivity index (χ1n) is 8.48. The molecule has 1 amide bonds. The highest BCUT2D eigenvalue weighted by Crippen LogP contribution is 2.38. The molecule has 1 aromatic heterocycles. The molecule has 1 aliphatic rings. The smallest absolute Gasteiger partial charge is 0.410 e. The number of benzene rings is 1. The zero-order valence-corrected chi connectivity index (χ0v) is 15.2. The fourth-order valence-corrected chi connectivity index (χ4v) is 2.97. The van der Waals surface area contributed by atoms with Gasteiger partial charge in [-0.3, -0.25) is 0 Å². The van der Waals surface area contributed by atoms with Crippen LogP contribution < -0.4 is 4.74 Å². The molecule has 0 saturated carbocycles. The largest absolute Gasteiger partial charge is 0.444 e. The van der Waals surface area contributed by atoms with E-state index in [9.17, 15) is 4.79 Å². The molecule has 2 aromatic rings. The molecule has 25 heavy (non-hydrogen) atoms. The third kappa shape index (κ3) is 4.10. The number of fused-ring (bicyclic) bond motifs is 2. The molecule has 0 radical (unpaired) electrons. The Bertz CT molecular complexity index is 768. The van der Waals surface area contributed by atoms with Crippen LogP contribution in [0.4, 0.5) is 4.79 Å². The average Bonchev–Trinajstić information content (AvgIpc) is 2.69. The van der Waals surface area contributed by atoms with Crippen molar-refractivity contribution in [2.45, 2.75) is 38.7 Å². The van der Waals surface area contributed by atoms with Gasteiger partial charge in [0.05, 0.1) is 0 Å². The first kappa shape index (κ1) is 17.3. The lowest BCUT2D eigenvalue weighted by Gasteiger charge is -2.27. The van der Waals surface area contributed by atoms with Crippen molar-refractivity contribution < 1.29 is 14.3 Å². The lowest BCUT2D eigenvalue weighted by Crippen LogP contribution is -2.36. The van der Waals surface area contributed by atoms with Gasteiger partial charge in [0.2, 0.25) is 5.88 Å². The molecular formula is C20H24N2O3. The lowest BCUT2D eigenvalue weighted by molar-refractivity contribution is 0.0288. The Morgan fingerprint density at radius 2 is 2.04 bits per heavy atom. The first-order valence-corrected chi connectivity index (χ1v) is 8.48. The normalized spacial score (nSPS) is 16.1. The molecule has 2 heterocycles. The minimum Gasteiger partial charge on any atom is -0.444 e. The summed E-state index contributed by atoms with van der Waals surface area (Å²) in [5.41, 5.74) is 1.61. The van der Waals surface area contributed by atoms with Crippen LogP contribution in [0, 0.1) is 0 Å². The highest BCUT2D eigenvalue weighted by Gasteiger charge is 2.27. The third-order valence-electron chi connectivity index (χ3n) is 4.08. The summed E-state index contributed by atoms with van der Waals surface area (Å²) in [5.74, 6) is 1.54. The van der Waals surface area contributed by atoms with E-state index in [1.807, 2.05) is 51.1 Å². The predicted octanol–water partition coefficient (Wildman–Crippen LogP) is 4.38. The maximum atomic E-state index is 12.3. The van der Waals surface area contributed by atoms with Crippen LogP contribution >= 0.6 is 0 Å². The molecule has 1 atom stereocenters. The van der Waals surface area contributed by atoms with E-state index in [1.54, 1.807) is 18.1 Å². The topological polar surface area (TPSA) is 51.7 Å². The van der Waals surface area contributed by atoms with Gasteiger partial charge in [-0.05, 0) is 39.3 Å². The molecule has 132 valence electrons. The summed E-state index contributed by atoms with van der Waals surface area (Å²) in [6, 6.07) is 11.9. The number of rotatable bonds is 2. The van der Waals surface area contributed by atoms with Gasteiger partial charge in [-0.1, -0.05) is 24.3 Å². The molecule has 1 unspecified atom stereocenters. The van der Waals surface area contributed by atoms with Crippen LogP contribution in [-0.2, 0) is 11.2 Å². The number of carbonyl (C=O) groups excluding carboxylic acids is 1. The first-order chi connectivity index (χ1) is 11.8. The zero-order chi connectivity index (χ0) is 18.0. The summed E-state index contributed by atoms with van der Waals surface area (Å²) in [5, 5.41) is 0. The van der Waals surface area contributed by atoms with E-state index in [0.717, 1.165) is 23.3 Å². The van der Waals surface area contributed by atoms with Crippen molar-refractivity contribution in [2.75, 3.05) is 13.6 Å². The van der Waals surface area contributed by atoms with E-state index in [0.29, 0.717) is 12.4 Å². The van der Waals surface area contributed by atoms with Crippen LogP contribution in [0.5, 0.6) is 11.6 Å². The highest BCUT2D eigenvalue weighted by molar-refractivity contribution is 5.68. The van der Waals surface area contributed by atoms with Crippen molar-refractivity contribution in [3.05, 3.63) is 53.7 Å². The van der Waals surface area contributed by atoms with E-state index in [2.05, 4.69) is 11.1 Å². The van der Waals surface area contributed by atoms with E-state index >= 15 is 0 Å². The Labute approximate surface area is 148 Å². The van der Waals surface area contributed by atoms with Crippen LogP contribution in [0.2, 0.25) is 0 Å². The summed E-state index contributed by atoms with van der Waals surface area (Å²) in [6.07, 6.45) is 2.17. The number of hydrogen-bond donors (Lipinski definition) is 0. The molecule has 1 aromatic carbocycles. The zero-order valence-electron chi connectivity index (χ0n) is 15.2. The lowest BCUT2D eigenvalue weighted by atomic mass is 9.92. The van der Waals surface area contributed by atoms with Gasteiger partial charge in [0, 0.05) is 36.8 Å². The fraction of sp³-hybridized carbons (Fsp3) is 0.400. The molecular weight excluding hydrogens is 316 g/mol. The Balaban J connectivity index is 1.86. The summed E-state index contributed by atoms with van der Waals surface area (Å²) < 4.78 is 11.5. The molecule has 0 aliphatic carbocycles. The maximum absolute atomic E-state index is 12.3. The quantitative estimate of drug-likeness (QED) is 0.814. The highest BCUT2D eigenvalue weighted by atomic mass is 16.6. The maximum Gasteiger partial charge on any atom is 0.410 e. The van der Waals surface area contributed by atoms with Crippen molar-refractivity contribution in [1.29, 1.82) is 0 Å². The van der Waals surface area contributed by atoms with Gasteiger partial charge in [-0.25, -0.2) is 9.78 Å². The predicted molar refractivity (Wildman–Crippen MR) is 96.1 cm³/mol. The number of likely N-dealkylation sites (N-methyl/N-ethyl adjacent to an activating group) is 1. The minimum absolute atomic E-state index is 0.110. The monoisotopic (exact) mass is 340 g/mol. The molecule has 5 nitrogen and oxygen atoms in total. The second-order valence-electron chi connectivity index (χ2n) is 7.37. The fourth-order valence-electron chi connectivity index (χ4n) is 2.97. The summed E-state index contributed by atoms with van der Waals surface area (Å²) in [6.45, 7) is 6.16. The molecule has 3 rings (SSSR count). The van der Waals surface area contributed by atoms with E-state index in [4.69, 9.17) is 9.47 Å². The van der Waals surface area contributed by atoms with Crippen molar-refractivity contribution >= 4 is 6.09 Å². The average molecular weight is 340 g/mol. The van der Waals surface area contributed by atoms with E-state index in [-0.39, 0.29) is 12.0 Å². The van der Waals surface area contributed by atoms with Gasteiger partial charge < -0.3 is 14.4 Å². The number of amides is 1. The number of pyridine rings is 1. The Hall–Kier alpha value is -2.56. The molecule has 0 saturated heterocycles. The summed E-state index contributed by atoms with van der Waals surface area (Å²) in [7, 11) is 1.77. The molecule has 0 fully saturated rings. The van der Waals surface area contributed by atoms with Crippen LogP contribution in [0.1, 0.15) is 37.8 Å². The minimum atomic E-state index is -0.508. The standard InChI is InChI=1S/C20H24N2O3/c1-20(2,3)25-19(23)22(4)13-15-12-14-8-7-11-21-18(14)24-17-10-6-5-9-16(15)17/h5-11,15H,12-13H2,1-4H3. The Morgan fingerprint density at radius 3 is 2.80 bits per heavy atom. The van der Waals surface area contributed by atoms with Gasteiger partial charge in [0.15, 0.2) is 0 Å². The number of aromatic nitrogens is 1. The van der Waals surface area contributed by atoms with Gasteiger partial charge in [0.25, 0.3) is 0 Å². The SMILES string of the molecule is CN(CC1Cc2cccnc2Oc2ccccc21)C(=O)OC(C)(C)C. The Kier molecular flexibility index (Phi) is 4.66. The second kappa shape index (κ2) is 6.75. The molecule has 0 bridgehead atoms. The molecule has 0 spiro atoms. The number of carbonyl (C=O) groups is 1. The van der Waals surface area contributed by atoms with Crippen molar-refractivity contribution in [3.8, 4) is 11.6 Å². The van der Waals surface area contributed by atoms with Gasteiger partial charge in [0.1, 0.15) is 11.4 Å². The van der Waals surface area contributed by atoms with Gasteiger partial charge in [-0.2, -0.15) is 0 Å². The Morgan fingerprint density at radius 1 is 1.28 bits per heavy atom. The molecule has 1 aliphatic heterocycles. The number of nitrogens with zero attached hydrogens (tertiary/aromatic N) is 2. The second-order valence-corrected chi connectivity index (χ2v) is 7.37. The van der Waals surface area contributed by atoms with Crippen molar-refractivity contribution in [1.82, 2.24) is 9.88 Å². The summed E-state index contributed by atoms with van der Waals surface area (Å²) >= 11 is 0. The molecule has 0 N–H and O–H groups in total. The van der Waals surface area contributed by atoms with Crippen LogP contribution in [0.25, 0.3) is 0 Å². The van der Waals surface area contributed by atoms with Gasteiger partial charge >= 0.3 is 6.09 Å². The summed E-state index contributed by atoms with van der Waals surface area (Å²) in [4.78, 5) is 18.3. The van der Waals surface area contributed by atoms with Crippen molar-refractivity contribution in [3.63, 3.8) is 0 Å². The third-order valence-corrected chi connectivity index (χ3v) is 4.08.